The first kappa shape index (κ1) is 21.7. The molecular formula is C32H30N2O. The van der Waals surface area contributed by atoms with Crippen molar-refractivity contribution in [1.29, 1.82) is 0 Å². The van der Waals surface area contributed by atoms with Gasteiger partial charge in [-0.15, -0.1) is 0 Å². The smallest absolute Gasteiger partial charge is 0.258 e. The van der Waals surface area contributed by atoms with E-state index in [0.29, 0.717) is 0 Å². The van der Waals surface area contributed by atoms with Crippen LogP contribution in [0.1, 0.15) is 50.2 Å². The van der Waals surface area contributed by atoms with Crippen LogP contribution in [-0.2, 0) is 18.4 Å². The Bertz CT molecular complexity index is 1390. The van der Waals surface area contributed by atoms with E-state index in [2.05, 4.69) is 92.0 Å². The molecule has 1 unspecified atom stereocenters. The fourth-order valence-electron chi connectivity index (χ4n) is 5.68. The molecule has 3 nitrogen and oxygen atoms in total. The number of rotatable bonds is 3. The minimum Gasteiger partial charge on any atom is -0.371 e. The number of para-hydroxylation sites is 2. The van der Waals surface area contributed by atoms with Gasteiger partial charge in [-0.1, -0.05) is 66.7 Å². The first-order chi connectivity index (χ1) is 17.0. The van der Waals surface area contributed by atoms with Crippen LogP contribution in [0.2, 0.25) is 0 Å². The third-order valence-corrected chi connectivity index (χ3v) is 7.80. The SMILES string of the molecule is Cc1ccc(C2(c3ccc(C(=O)N4CCCc5ccccc54)cc3)Cc3ccccc3N2)cc1C. The molecule has 4 aromatic rings. The molecule has 4 aromatic carbocycles. The van der Waals surface area contributed by atoms with Crippen LogP contribution in [0, 0.1) is 13.8 Å². The van der Waals surface area contributed by atoms with Gasteiger partial charge in [-0.3, -0.25) is 4.79 Å². The molecule has 6 rings (SSSR count). The van der Waals surface area contributed by atoms with Crippen molar-refractivity contribution in [2.24, 2.45) is 0 Å². The molecule has 0 spiro atoms. The van der Waals surface area contributed by atoms with Crippen LogP contribution in [-0.4, -0.2) is 12.5 Å². The molecule has 174 valence electrons. The van der Waals surface area contributed by atoms with Crippen molar-refractivity contribution in [3.8, 4) is 0 Å². The lowest BCUT2D eigenvalue weighted by Crippen LogP contribution is -2.36. The van der Waals surface area contributed by atoms with Crippen molar-refractivity contribution in [2.75, 3.05) is 16.8 Å². The lowest BCUT2D eigenvalue weighted by molar-refractivity contribution is 0.0985. The van der Waals surface area contributed by atoms with E-state index in [0.717, 1.165) is 37.1 Å². The maximum atomic E-state index is 13.5. The normalized spacial score (nSPS) is 18.5. The summed E-state index contributed by atoms with van der Waals surface area (Å²) in [6.45, 7) is 5.09. The van der Waals surface area contributed by atoms with E-state index in [1.54, 1.807) is 0 Å². The van der Waals surface area contributed by atoms with Gasteiger partial charge in [0.1, 0.15) is 0 Å². The molecular weight excluding hydrogens is 428 g/mol. The van der Waals surface area contributed by atoms with E-state index >= 15 is 0 Å². The average Bonchev–Trinajstić information content (AvgIpc) is 3.30. The summed E-state index contributed by atoms with van der Waals surface area (Å²) in [4.78, 5) is 15.5. The standard InChI is InChI=1S/C32H30N2O/c1-22-13-16-28(20-23(22)2)32(21-26-9-3-5-11-29(26)33-32)27-17-14-25(15-18-27)31(35)34-19-7-10-24-8-4-6-12-30(24)34/h3-6,8-9,11-18,20,33H,7,10,19,21H2,1-2H3. The summed E-state index contributed by atoms with van der Waals surface area (Å²) in [5, 5.41) is 3.86. The van der Waals surface area contributed by atoms with E-state index in [9.17, 15) is 4.79 Å². The van der Waals surface area contributed by atoms with Crippen LogP contribution in [0.3, 0.4) is 0 Å². The van der Waals surface area contributed by atoms with Crippen molar-refractivity contribution in [1.82, 2.24) is 0 Å². The van der Waals surface area contributed by atoms with Crippen molar-refractivity contribution in [2.45, 2.75) is 38.6 Å². The average molecular weight is 459 g/mol. The van der Waals surface area contributed by atoms with E-state index in [4.69, 9.17) is 0 Å². The fourth-order valence-corrected chi connectivity index (χ4v) is 5.68. The number of hydrogen-bond donors (Lipinski definition) is 1. The van der Waals surface area contributed by atoms with Crippen LogP contribution < -0.4 is 10.2 Å². The van der Waals surface area contributed by atoms with Crippen LogP contribution in [0.4, 0.5) is 11.4 Å². The number of fused-ring (bicyclic) bond motifs is 2. The highest BCUT2D eigenvalue weighted by atomic mass is 16.2. The quantitative estimate of drug-likeness (QED) is 0.366. The lowest BCUT2D eigenvalue weighted by atomic mass is 9.79. The number of nitrogens with one attached hydrogen (secondary N) is 1. The largest absolute Gasteiger partial charge is 0.371 e. The van der Waals surface area contributed by atoms with Gasteiger partial charge in [0.05, 0.1) is 5.54 Å². The summed E-state index contributed by atoms with van der Waals surface area (Å²) in [6.07, 6.45) is 2.90. The van der Waals surface area contributed by atoms with E-state index < -0.39 is 0 Å². The first-order valence-corrected chi connectivity index (χ1v) is 12.5. The summed E-state index contributed by atoms with van der Waals surface area (Å²) in [5.74, 6) is 0.0756. The number of aryl methyl sites for hydroxylation is 3. The minimum absolute atomic E-state index is 0.0756. The molecule has 0 saturated heterocycles. The molecule has 0 saturated carbocycles. The lowest BCUT2D eigenvalue weighted by Gasteiger charge is -2.33. The van der Waals surface area contributed by atoms with Gasteiger partial charge in [-0.05, 0) is 84.3 Å². The van der Waals surface area contributed by atoms with Crippen molar-refractivity contribution >= 4 is 17.3 Å². The Morgan fingerprint density at radius 2 is 1.51 bits per heavy atom. The van der Waals surface area contributed by atoms with Crippen LogP contribution in [0.25, 0.3) is 0 Å². The van der Waals surface area contributed by atoms with Crippen molar-refractivity contribution in [3.63, 3.8) is 0 Å². The molecule has 1 N–H and O–H groups in total. The Kier molecular flexibility index (Phi) is 5.21. The molecule has 2 aliphatic rings. The highest BCUT2D eigenvalue weighted by Gasteiger charge is 2.40. The van der Waals surface area contributed by atoms with Crippen molar-refractivity contribution < 1.29 is 4.79 Å². The van der Waals surface area contributed by atoms with E-state index in [1.807, 2.05) is 23.1 Å². The molecule has 0 bridgehead atoms. The molecule has 35 heavy (non-hydrogen) atoms. The number of nitrogens with zero attached hydrogens (tertiary/aromatic N) is 1. The third kappa shape index (κ3) is 3.63. The molecule has 1 amide bonds. The summed E-state index contributed by atoms with van der Waals surface area (Å²) in [6, 6.07) is 31.9. The second-order valence-electron chi connectivity index (χ2n) is 9.93. The number of amides is 1. The zero-order chi connectivity index (χ0) is 24.0. The predicted octanol–water partition coefficient (Wildman–Crippen LogP) is 6.81. The van der Waals surface area contributed by atoms with Gasteiger partial charge in [0.2, 0.25) is 0 Å². The molecule has 0 aliphatic carbocycles. The molecule has 2 aliphatic heterocycles. The summed E-state index contributed by atoms with van der Waals surface area (Å²) in [7, 11) is 0. The number of anilines is 2. The number of hydrogen-bond acceptors (Lipinski definition) is 2. The zero-order valence-corrected chi connectivity index (χ0v) is 20.3. The van der Waals surface area contributed by atoms with Crippen LogP contribution in [0.5, 0.6) is 0 Å². The highest BCUT2D eigenvalue weighted by molar-refractivity contribution is 6.06. The van der Waals surface area contributed by atoms with E-state index in [1.165, 1.54) is 39.1 Å². The molecule has 3 heteroatoms. The van der Waals surface area contributed by atoms with Gasteiger partial charge in [-0.2, -0.15) is 0 Å². The maximum Gasteiger partial charge on any atom is 0.258 e. The Morgan fingerprint density at radius 3 is 2.29 bits per heavy atom. The summed E-state index contributed by atoms with van der Waals surface area (Å²) in [5.41, 5.74) is 10.2. The van der Waals surface area contributed by atoms with Gasteiger partial charge in [-0.25, -0.2) is 0 Å². The minimum atomic E-state index is -0.360. The van der Waals surface area contributed by atoms with Crippen LogP contribution in [0.15, 0.2) is 91.0 Å². The fraction of sp³-hybridized carbons (Fsp3) is 0.219. The second kappa shape index (κ2) is 8.42. The molecule has 0 aromatic heterocycles. The van der Waals surface area contributed by atoms with Gasteiger partial charge in [0.25, 0.3) is 5.91 Å². The Balaban J connectivity index is 1.38. The topological polar surface area (TPSA) is 32.3 Å². The Morgan fingerprint density at radius 1 is 0.800 bits per heavy atom. The van der Waals surface area contributed by atoms with Gasteiger partial charge in [0, 0.05) is 29.9 Å². The first-order valence-electron chi connectivity index (χ1n) is 12.5. The molecule has 1 atom stereocenters. The summed E-state index contributed by atoms with van der Waals surface area (Å²) < 4.78 is 0. The zero-order valence-electron chi connectivity index (χ0n) is 20.3. The van der Waals surface area contributed by atoms with Crippen LogP contribution >= 0.6 is 0 Å². The number of benzene rings is 4. The van der Waals surface area contributed by atoms with Gasteiger partial charge >= 0.3 is 0 Å². The van der Waals surface area contributed by atoms with Crippen molar-refractivity contribution in [3.05, 3.63) is 130 Å². The van der Waals surface area contributed by atoms with E-state index in [-0.39, 0.29) is 11.4 Å². The molecule has 0 fully saturated rings. The monoisotopic (exact) mass is 458 g/mol. The number of carbonyl (C=O) groups is 1. The maximum absolute atomic E-state index is 13.5. The molecule has 2 heterocycles. The highest BCUT2D eigenvalue weighted by Crippen LogP contribution is 2.44. The summed E-state index contributed by atoms with van der Waals surface area (Å²) >= 11 is 0. The Hall–Kier alpha value is -3.85. The predicted molar refractivity (Wildman–Crippen MR) is 143 cm³/mol. The van der Waals surface area contributed by atoms with Gasteiger partial charge < -0.3 is 10.2 Å². The van der Waals surface area contributed by atoms with Gasteiger partial charge in [0.15, 0.2) is 0 Å². The second-order valence-corrected chi connectivity index (χ2v) is 9.93. The Labute approximate surface area is 207 Å². The third-order valence-electron chi connectivity index (χ3n) is 7.80. The number of carbonyl (C=O) groups excluding carboxylic acids is 1. The molecule has 0 radical (unpaired) electrons.